The number of methoxy groups -OCH3 is 1. The summed E-state index contributed by atoms with van der Waals surface area (Å²) >= 11 is 6.01. The van der Waals surface area contributed by atoms with E-state index in [1.807, 2.05) is 0 Å². The number of fused-ring (bicyclic) bond motifs is 1. The van der Waals surface area contributed by atoms with Crippen LogP contribution >= 0.6 is 11.6 Å². The number of nitrogens with zero attached hydrogens (tertiary/aromatic N) is 3. The SMILES string of the molecule is COCc1c(Nc2ccc(C3C(F)(F)C3(C)C(=O)NC3CCC3)cc2)cnc2cc(Cl)nn12. The molecule has 1 aromatic carbocycles. The summed E-state index contributed by atoms with van der Waals surface area (Å²) in [6.45, 7) is 1.62. The molecule has 2 heterocycles. The summed E-state index contributed by atoms with van der Waals surface area (Å²) in [4.78, 5) is 16.9. The highest BCUT2D eigenvalue weighted by Crippen LogP contribution is 2.71. The van der Waals surface area contributed by atoms with Crippen molar-refractivity contribution < 1.29 is 18.3 Å². The van der Waals surface area contributed by atoms with Crippen LogP contribution in [0, 0.1) is 5.41 Å². The molecule has 2 aromatic heterocycles. The van der Waals surface area contributed by atoms with Crippen molar-refractivity contribution in [1.29, 1.82) is 0 Å². The van der Waals surface area contributed by atoms with E-state index in [4.69, 9.17) is 16.3 Å². The lowest BCUT2D eigenvalue weighted by molar-refractivity contribution is -0.130. The van der Waals surface area contributed by atoms with Gasteiger partial charge in [-0.15, -0.1) is 0 Å². The smallest absolute Gasteiger partial charge is 0.270 e. The molecule has 2 saturated carbocycles. The number of carbonyl (C=O) groups excluding carboxylic acids is 1. The van der Waals surface area contributed by atoms with Crippen LogP contribution in [-0.2, 0) is 16.1 Å². The van der Waals surface area contributed by atoms with E-state index in [1.54, 1.807) is 48.2 Å². The summed E-state index contributed by atoms with van der Waals surface area (Å²) < 4.78 is 36.4. The fraction of sp³-hybridized carbons (Fsp3) is 0.435. The molecule has 33 heavy (non-hydrogen) atoms. The molecule has 3 aromatic rings. The Morgan fingerprint density at radius 2 is 2.03 bits per heavy atom. The van der Waals surface area contributed by atoms with Crippen LogP contribution in [0.25, 0.3) is 5.65 Å². The topological polar surface area (TPSA) is 80.5 Å². The highest BCUT2D eigenvalue weighted by molar-refractivity contribution is 6.29. The van der Waals surface area contributed by atoms with Crippen molar-refractivity contribution in [2.45, 2.75) is 50.7 Å². The minimum atomic E-state index is -3.09. The van der Waals surface area contributed by atoms with Crippen LogP contribution in [0.15, 0.2) is 36.5 Å². The van der Waals surface area contributed by atoms with Crippen molar-refractivity contribution in [3.05, 3.63) is 52.9 Å². The molecule has 2 atom stereocenters. The minimum absolute atomic E-state index is 0.0230. The predicted molar refractivity (Wildman–Crippen MR) is 120 cm³/mol. The molecule has 2 unspecified atom stereocenters. The summed E-state index contributed by atoms with van der Waals surface area (Å²) in [6.07, 6.45) is 4.38. The van der Waals surface area contributed by atoms with Gasteiger partial charge in [0.1, 0.15) is 5.41 Å². The lowest BCUT2D eigenvalue weighted by Gasteiger charge is -2.28. The summed E-state index contributed by atoms with van der Waals surface area (Å²) in [7, 11) is 1.57. The Morgan fingerprint density at radius 3 is 2.67 bits per heavy atom. The van der Waals surface area contributed by atoms with Crippen molar-refractivity contribution in [2.75, 3.05) is 12.4 Å². The number of hydrogen-bond donors (Lipinski definition) is 2. The van der Waals surface area contributed by atoms with Gasteiger partial charge >= 0.3 is 0 Å². The fourth-order valence-electron chi connectivity index (χ4n) is 4.49. The van der Waals surface area contributed by atoms with E-state index >= 15 is 0 Å². The van der Waals surface area contributed by atoms with Crippen LogP contribution < -0.4 is 10.6 Å². The van der Waals surface area contributed by atoms with Gasteiger partial charge in [0.25, 0.3) is 5.92 Å². The van der Waals surface area contributed by atoms with Gasteiger partial charge in [-0.25, -0.2) is 18.3 Å². The highest BCUT2D eigenvalue weighted by atomic mass is 35.5. The first-order valence-corrected chi connectivity index (χ1v) is 11.2. The van der Waals surface area contributed by atoms with Crippen LogP contribution in [-0.4, -0.2) is 39.6 Å². The third kappa shape index (κ3) is 3.54. The number of ether oxygens (including phenoxy) is 1. The first-order chi connectivity index (χ1) is 15.8. The highest BCUT2D eigenvalue weighted by Gasteiger charge is 2.82. The predicted octanol–water partition coefficient (Wildman–Crippen LogP) is 4.68. The molecule has 174 valence electrons. The second-order valence-corrected chi connectivity index (χ2v) is 9.28. The molecule has 10 heteroatoms. The number of carbonyl (C=O) groups is 1. The van der Waals surface area contributed by atoms with Gasteiger partial charge in [-0.05, 0) is 43.9 Å². The van der Waals surface area contributed by atoms with E-state index in [0.717, 1.165) is 19.3 Å². The average molecular weight is 476 g/mol. The molecular formula is C23H24ClF2N5O2. The van der Waals surface area contributed by atoms with E-state index in [0.29, 0.717) is 33.4 Å². The monoisotopic (exact) mass is 475 g/mol. The zero-order valence-electron chi connectivity index (χ0n) is 18.2. The van der Waals surface area contributed by atoms with Crippen molar-refractivity contribution in [3.8, 4) is 0 Å². The summed E-state index contributed by atoms with van der Waals surface area (Å²) in [5.41, 5.74) is 1.34. The van der Waals surface area contributed by atoms with Crippen molar-refractivity contribution in [3.63, 3.8) is 0 Å². The Morgan fingerprint density at radius 1 is 1.30 bits per heavy atom. The van der Waals surface area contributed by atoms with Gasteiger partial charge in [-0.3, -0.25) is 4.79 Å². The minimum Gasteiger partial charge on any atom is -0.378 e. The first kappa shape index (κ1) is 22.0. The maximum Gasteiger partial charge on any atom is 0.270 e. The molecule has 7 nitrogen and oxygen atoms in total. The van der Waals surface area contributed by atoms with Crippen molar-refractivity contribution in [2.24, 2.45) is 5.41 Å². The maximum atomic E-state index is 14.8. The standard InChI is InChI=1S/C23H24ClF2N5O2/c1-22(21(32)29-14-4-3-5-14)20(23(22,25)26)13-6-8-15(9-7-13)28-16-11-27-19-10-18(24)30-31(19)17(16)12-33-2/h6-11,14,20,28H,3-5,12H2,1-2H3,(H,29,32). The quantitative estimate of drug-likeness (QED) is 0.518. The Hall–Kier alpha value is -2.78. The van der Waals surface area contributed by atoms with Crippen molar-refractivity contribution in [1.82, 2.24) is 19.9 Å². The number of halogens is 3. The van der Waals surface area contributed by atoms with E-state index < -0.39 is 23.2 Å². The molecule has 0 aliphatic heterocycles. The van der Waals surface area contributed by atoms with Crippen LogP contribution in [0.1, 0.15) is 43.4 Å². The molecule has 0 spiro atoms. The molecule has 1 amide bonds. The number of hydrogen-bond acceptors (Lipinski definition) is 5. The number of amides is 1. The third-order valence-electron chi connectivity index (χ3n) is 6.82. The maximum absolute atomic E-state index is 14.8. The largest absolute Gasteiger partial charge is 0.378 e. The lowest BCUT2D eigenvalue weighted by atomic mass is 9.91. The van der Waals surface area contributed by atoms with E-state index in [2.05, 4.69) is 20.7 Å². The Kier molecular flexibility index (Phi) is 5.29. The van der Waals surface area contributed by atoms with Crippen LogP contribution in [0.3, 0.4) is 0 Å². The molecule has 2 aliphatic carbocycles. The summed E-state index contributed by atoms with van der Waals surface area (Å²) in [5, 5.41) is 10.6. The van der Waals surface area contributed by atoms with Gasteiger partial charge in [0.05, 0.1) is 30.1 Å². The molecule has 0 bridgehead atoms. The Labute approximate surface area is 194 Å². The van der Waals surface area contributed by atoms with Gasteiger partial charge in [-0.2, -0.15) is 5.10 Å². The normalized spacial score (nSPS) is 23.8. The van der Waals surface area contributed by atoms with Gasteiger partial charge in [0.2, 0.25) is 5.91 Å². The lowest BCUT2D eigenvalue weighted by Crippen LogP contribution is -2.44. The molecule has 0 radical (unpaired) electrons. The van der Waals surface area contributed by atoms with Crippen LogP contribution in [0.5, 0.6) is 0 Å². The average Bonchev–Trinajstić information content (AvgIpc) is 3.02. The van der Waals surface area contributed by atoms with E-state index in [9.17, 15) is 13.6 Å². The fourth-order valence-corrected chi connectivity index (χ4v) is 4.66. The van der Waals surface area contributed by atoms with Crippen LogP contribution in [0.2, 0.25) is 5.15 Å². The number of alkyl halides is 2. The van der Waals surface area contributed by atoms with Gasteiger partial charge in [-0.1, -0.05) is 23.7 Å². The number of anilines is 2. The zero-order valence-corrected chi connectivity index (χ0v) is 19.0. The van der Waals surface area contributed by atoms with Gasteiger partial charge < -0.3 is 15.4 Å². The first-order valence-electron chi connectivity index (χ1n) is 10.8. The Balaban J connectivity index is 1.36. The molecule has 0 saturated heterocycles. The summed E-state index contributed by atoms with van der Waals surface area (Å²) in [5.74, 6) is -4.80. The number of rotatable bonds is 7. The molecule has 2 fully saturated rings. The number of nitrogens with one attached hydrogen (secondary N) is 2. The summed E-state index contributed by atoms with van der Waals surface area (Å²) in [6, 6.07) is 8.36. The number of aromatic nitrogens is 3. The molecular weight excluding hydrogens is 452 g/mol. The second kappa shape index (κ2) is 7.92. The van der Waals surface area contributed by atoms with E-state index in [1.165, 1.54) is 6.92 Å². The van der Waals surface area contributed by atoms with Crippen LogP contribution in [0.4, 0.5) is 20.2 Å². The molecule has 5 rings (SSSR count). The van der Waals surface area contributed by atoms with Gasteiger partial charge in [0, 0.05) is 24.9 Å². The Bertz CT molecular complexity index is 1210. The van der Waals surface area contributed by atoms with Gasteiger partial charge in [0.15, 0.2) is 10.8 Å². The number of benzene rings is 1. The van der Waals surface area contributed by atoms with E-state index in [-0.39, 0.29) is 12.6 Å². The molecule has 2 N–H and O–H groups in total. The second-order valence-electron chi connectivity index (χ2n) is 8.90. The third-order valence-corrected chi connectivity index (χ3v) is 7.00. The van der Waals surface area contributed by atoms with Crippen molar-refractivity contribution >= 4 is 34.5 Å². The zero-order chi connectivity index (χ0) is 23.4. The molecule has 2 aliphatic rings.